The van der Waals surface area contributed by atoms with E-state index < -0.39 is 0 Å². The second-order valence-corrected chi connectivity index (χ2v) is 5.54. The van der Waals surface area contributed by atoms with Crippen molar-refractivity contribution in [2.24, 2.45) is 0 Å². The van der Waals surface area contributed by atoms with Crippen molar-refractivity contribution in [2.45, 2.75) is 31.7 Å². The molecule has 1 aliphatic carbocycles. The molecule has 1 amide bonds. The first-order valence-electron chi connectivity index (χ1n) is 7.30. The van der Waals surface area contributed by atoms with Crippen molar-refractivity contribution < 1.29 is 14.3 Å². The zero-order chi connectivity index (χ0) is 15.2. The normalized spacial score (nSPS) is 15.0. The number of para-hydroxylation sites is 1. The molecule has 2 rings (SSSR count). The van der Waals surface area contributed by atoms with E-state index in [1.165, 1.54) is 12.8 Å². The molecule has 0 bridgehead atoms. The van der Waals surface area contributed by atoms with Crippen molar-refractivity contribution in [3.05, 3.63) is 23.8 Å². The van der Waals surface area contributed by atoms with Crippen LogP contribution in [-0.2, 0) is 0 Å². The van der Waals surface area contributed by atoms with Gasteiger partial charge in [-0.1, -0.05) is 18.9 Å². The predicted octanol–water partition coefficient (Wildman–Crippen LogP) is 3.33. The van der Waals surface area contributed by atoms with Crippen molar-refractivity contribution in [3.63, 3.8) is 0 Å². The van der Waals surface area contributed by atoms with E-state index in [9.17, 15) is 4.79 Å². The van der Waals surface area contributed by atoms with Gasteiger partial charge in [-0.25, -0.2) is 0 Å². The van der Waals surface area contributed by atoms with Crippen LogP contribution < -0.4 is 9.47 Å². The lowest BCUT2D eigenvalue weighted by Gasteiger charge is -2.29. The van der Waals surface area contributed by atoms with E-state index in [0.717, 1.165) is 12.8 Å². The number of alkyl halides is 1. The highest BCUT2D eigenvalue weighted by Gasteiger charge is 2.29. The molecule has 1 fully saturated rings. The molecule has 1 aromatic rings. The van der Waals surface area contributed by atoms with Gasteiger partial charge in [-0.05, 0) is 25.0 Å². The highest BCUT2D eigenvalue weighted by atomic mass is 35.5. The summed E-state index contributed by atoms with van der Waals surface area (Å²) in [5.74, 6) is 1.47. The Kier molecular flexibility index (Phi) is 5.74. The second kappa shape index (κ2) is 7.55. The molecule has 1 aromatic carbocycles. The molecular formula is C16H22ClNO3. The fourth-order valence-corrected chi connectivity index (χ4v) is 3.15. The minimum absolute atomic E-state index is 0.0294. The van der Waals surface area contributed by atoms with Gasteiger partial charge in [0.25, 0.3) is 5.91 Å². The van der Waals surface area contributed by atoms with Gasteiger partial charge in [0, 0.05) is 18.5 Å². The van der Waals surface area contributed by atoms with Crippen LogP contribution in [0.3, 0.4) is 0 Å². The molecule has 0 aliphatic heterocycles. The highest BCUT2D eigenvalue weighted by molar-refractivity contribution is 6.18. The number of hydrogen-bond acceptors (Lipinski definition) is 3. The molecule has 0 N–H and O–H groups in total. The van der Waals surface area contributed by atoms with Crippen LogP contribution in [0.2, 0.25) is 0 Å². The van der Waals surface area contributed by atoms with Gasteiger partial charge in [0.05, 0.1) is 19.8 Å². The molecule has 4 nitrogen and oxygen atoms in total. The van der Waals surface area contributed by atoms with Crippen LogP contribution >= 0.6 is 11.6 Å². The van der Waals surface area contributed by atoms with Crippen LogP contribution in [0.15, 0.2) is 18.2 Å². The summed E-state index contributed by atoms with van der Waals surface area (Å²) >= 11 is 5.89. The predicted molar refractivity (Wildman–Crippen MR) is 83.6 cm³/mol. The van der Waals surface area contributed by atoms with Crippen molar-refractivity contribution >= 4 is 17.5 Å². The molecule has 21 heavy (non-hydrogen) atoms. The maximum atomic E-state index is 12.9. The molecule has 0 saturated heterocycles. The Morgan fingerprint density at radius 3 is 2.57 bits per heavy atom. The fourth-order valence-electron chi connectivity index (χ4n) is 2.97. The summed E-state index contributed by atoms with van der Waals surface area (Å²) in [5, 5.41) is 0. The van der Waals surface area contributed by atoms with Crippen molar-refractivity contribution in [2.75, 3.05) is 26.6 Å². The average molecular weight is 312 g/mol. The maximum absolute atomic E-state index is 12.9. The van der Waals surface area contributed by atoms with Gasteiger partial charge in [0.15, 0.2) is 11.5 Å². The molecule has 0 unspecified atom stereocenters. The molecular weight excluding hydrogens is 290 g/mol. The van der Waals surface area contributed by atoms with E-state index in [2.05, 4.69) is 0 Å². The van der Waals surface area contributed by atoms with Crippen molar-refractivity contribution in [1.29, 1.82) is 0 Å². The number of carbonyl (C=O) groups is 1. The number of methoxy groups -OCH3 is 2. The van der Waals surface area contributed by atoms with E-state index in [1.54, 1.807) is 26.4 Å². The Hall–Kier alpha value is -1.42. The second-order valence-electron chi connectivity index (χ2n) is 5.17. The minimum Gasteiger partial charge on any atom is -0.493 e. The Morgan fingerprint density at radius 1 is 1.29 bits per heavy atom. The van der Waals surface area contributed by atoms with Gasteiger partial charge in [-0.15, -0.1) is 11.6 Å². The molecule has 1 saturated carbocycles. The van der Waals surface area contributed by atoms with Gasteiger partial charge < -0.3 is 14.4 Å². The molecule has 0 atom stereocenters. The van der Waals surface area contributed by atoms with E-state index in [1.807, 2.05) is 11.0 Å². The zero-order valence-electron chi connectivity index (χ0n) is 12.6. The third kappa shape index (κ3) is 3.43. The Balaban J connectivity index is 2.31. The smallest absolute Gasteiger partial charge is 0.258 e. The van der Waals surface area contributed by atoms with Crippen LogP contribution in [0.4, 0.5) is 0 Å². The maximum Gasteiger partial charge on any atom is 0.258 e. The number of halogens is 1. The third-order valence-electron chi connectivity index (χ3n) is 3.99. The summed E-state index contributed by atoms with van der Waals surface area (Å²) in [6, 6.07) is 5.66. The largest absolute Gasteiger partial charge is 0.493 e. The lowest BCUT2D eigenvalue weighted by atomic mass is 10.1. The highest BCUT2D eigenvalue weighted by Crippen LogP contribution is 2.33. The van der Waals surface area contributed by atoms with Crippen LogP contribution in [0.5, 0.6) is 11.5 Å². The number of amides is 1. The monoisotopic (exact) mass is 311 g/mol. The minimum atomic E-state index is -0.0294. The van der Waals surface area contributed by atoms with Gasteiger partial charge in [0.1, 0.15) is 0 Å². The van der Waals surface area contributed by atoms with E-state index >= 15 is 0 Å². The SMILES string of the molecule is COc1cccc(C(=O)N(CCCl)C2CCCC2)c1OC. The fraction of sp³-hybridized carbons (Fsp3) is 0.562. The number of hydrogen-bond donors (Lipinski definition) is 0. The third-order valence-corrected chi connectivity index (χ3v) is 4.15. The molecule has 0 heterocycles. The molecule has 116 valence electrons. The summed E-state index contributed by atoms with van der Waals surface area (Å²) < 4.78 is 10.6. The van der Waals surface area contributed by atoms with Gasteiger partial charge in [-0.2, -0.15) is 0 Å². The number of nitrogens with zero attached hydrogens (tertiary/aromatic N) is 1. The lowest BCUT2D eigenvalue weighted by Crippen LogP contribution is -2.40. The molecule has 0 aromatic heterocycles. The van der Waals surface area contributed by atoms with Crippen molar-refractivity contribution in [1.82, 2.24) is 4.90 Å². The number of rotatable bonds is 6. The number of ether oxygens (including phenoxy) is 2. The van der Waals surface area contributed by atoms with Crippen LogP contribution in [-0.4, -0.2) is 43.5 Å². The van der Waals surface area contributed by atoms with Crippen LogP contribution in [0.1, 0.15) is 36.0 Å². The Bertz CT molecular complexity index is 486. The quantitative estimate of drug-likeness (QED) is 0.756. The Labute approximate surface area is 131 Å². The first-order chi connectivity index (χ1) is 10.2. The van der Waals surface area contributed by atoms with Gasteiger partial charge >= 0.3 is 0 Å². The van der Waals surface area contributed by atoms with Gasteiger partial charge in [0.2, 0.25) is 0 Å². The topological polar surface area (TPSA) is 38.8 Å². The lowest BCUT2D eigenvalue weighted by molar-refractivity contribution is 0.0691. The molecule has 0 spiro atoms. The average Bonchev–Trinajstić information content (AvgIpc) is 3.05. The number of benzene rings is 1. The molecule has 1 aliphatic rings. The first kappa shape index (κ1) is 16.0. The first-order valence-corrected chi connectivity index (χ1v) is 7.84. The van der Waals surface area contributed by atoms with Crippen LogP contribution in [0, 0.1) is 0 Å². The molecule has 0 radical (unpaired) electrons. The summed E-state index contributed by atoms with van der Waals surface area (Å²) in [6.07, 6.45) is 4.45. The van der Waals surface area contributed by atoms with E-state index in [0.29, 0.717) is 29.5 Å². The van der Waals surface area contributed by atoms with E-state index in [-0.39, 0.29) is 11.9 Å². The molecule has 5 heteroatoms. The zero-order valence-corrected chi connectivity index (χ0v) is 13.4. The summed E-state index contributed by atoms with van der Waals surface area (Å²) in [7, 11) is 3.12. The van der Waals surface area contributed by atoms with Gasteiger partial charge in [-0.3, -0.25) is 4.79 Å². The summed E-state index contributed by atoms with van der Waals surface area (Å²) in [5.41, 5.74) is 0.536. The van der Waals surface area contributed by atoms with Crippen molar-refractivity contribution in [3.8, 4) is 11.5 Å². The Morgan fingerprint density at radius 2 is 2.00 bits per heavy atom. The summed E-state index contributed by atoms with van der Waals surface area (Å²) in [6.45, 7) is 0.561. The van der Waals surface area contributed by atoms with Crippen LogP contribution in [0.25, 0.3) is 0 Å². The van der Waals surface area contributed by atoms with E-state index in [4.69, 9.17) is 21.1 Å². The number of carbonyl (C=O) groups excluding carboxylic acids is 1. The standard InChI is InChI=1S/C16H22ClNO3/c1-20-14-9-5-8-13(15(14)21-2)16(19)18(11-10-17)12-6-3-4-7-12/h5,8-9,12H,3-4,6-7,10-11H2,1-2H3. The summed E-state index contributed by atoms with van der Waals surface area (Å²) in [4.78, 5) is 14.8.